The second kappa shape index (κ2) is 9.00. The molecule has 0 aromatic heterocycles. The zero-order valence-electron chi connectivity index (χ0n) is 12.8. The standard InChI is InChI=1S/C15H23ClN2O3/c1-17(9-14(19)11-21-3)10-15(20)18(2)8-12-5-4-6-13(16)7-12/h4-7,14,19H,8-11H2,1-3H3. The highest BCUT2D eigenvalue weighted by Crippen LogP contribution is 2.12. The molecule has 21 heavy (non-hydrogen) atoms. The number of hydrogen-bond donors (Lipinski definition) is 1. The van der Waals surface area contributed by atoms with Gasteiger partial charge in [0.1, 0.15) is 0 Å². The van der Waals surface area contributed by atoms with Crippen LogP contribution in [0, 0.1) is 0 Å². The fourth-order valence-corrected chi connectivity index (χ4v) is 2.23. The van der Waals surface area contributed by atoms with Gasteiger partial charge in [0.2, 0.25) is 5.91 Å². The van der Waals surface area contributed by atoms with E-state index in [9.17, 15) is 9.90 Å². The summed E-state index contributed by atoms with van der Waals surface area (Å²) in [6, 6.07) is 7.44. The second-order valence-corrected chi connectivity index (χ2v) is 5.62. The average molecular weight is 315 g/mol. The molecule has 0 spiro atoms. The Balaban J connectivity index is 2.43. The number of methoxy groups -OCH3 is 1. The van der Waals surface area contributed by atoms with E-state index in [1.54, 1.807) is 30.0 Å². The number of carbonyl (C=O) groups excluding carboxylic acids is 1. The molecule has 1 atom stereocenters. The summed E-state index contributed by atoms with van der Waals surface area (Å²) in [7, 11) is 5.08. The van der Waals surface area contributed by atoms with Crippen LogP contribution in [0.5, 0.6) is 0 Å². The van der Waals surface area contributed by atoms with Gasteiger partial charge in [0, 0.05) is 32.3 Å². The molecule has 0 radical (unpaired) electrons. The van der Waals surface area contributed by atoms with E-state index < -0.39 is 6.10 Å². The number of aliphatic hydroxyl groups excluding tert-OH is 1. The summed E-state index contributed by atoms with van der Waals surface area (Å²) < 4.78 is 4.86. The Hall–Kier alpha value is -1.14. The molecule has 1 aromatic rings. The number of likely N-dealkylation sites (N-methyl/N-ethyl adjacent to an activating group) is 2. The van der Waals surface area contributed by atoms with Crippen LogP contribution < -0.4 is 0 Å². The second-order valence-electron chi connectivity index (χ2n) is 5.19. The summed E-state index contributed by atoms with van der Waals surface area (Å²) in [6.07, 6.45) is -0.592. The van der Waals surface area contributed by atoms with Gasteiger partial charge in [-0.1, -0.05) is 23.7 Å². The monoisotopic (exact) mass is 314 g/mol. The van der Waals surface area contributed by atoms with Crippen LogP contribution in [-0.2, 0) is 16.1 Å². The van der Waals surface area contributed by atoms with Crippen molar-refractivity contribution in [3.05, 3.63) is 34.9 Å². The van der Waals surface area contributed by atoms with Crippen molar-refractivity contribution in [2.45, 2.75) is 12.6 Å². The number of halogens is 1. The van der Waals surface area contributed by atoms with Gasteiger partial charge in [0.05, 0.1) is 19.3 Å². The lowest BCUT2D eigenvalue weighted by atomic mass is 10.2. The number of ether oxygens (including phenoxy) is 1. The summed E-state index contributed by atoms with van der Waals surface area (Å²) in [5.74, 6) is -0.0120. The van der Waals surface area contributed by atoms with E-state index in [2.05, 4.69) is 0 Å². The summed E-state index contributed by atoms with van der Waals surface area (Å²) in [5.41, 5.74) is 0.987. The van der Waals surface area contributed by atoms with Crippen LogP contribution in [-0.4, -0.2) is 67.8 Å². The first kappa shape index (κ1) is 17.9. The molecule has 1 rings (SSSR count). The van der Waals surface area contributed by atoms with Crippen LogP contribution in [0.1, 0.15) is 5.56 Å². The summed E-state index contributed by atoms with van der Waals surface area (Å²) in [6.45, 7) is 1.41. The predicted molar refractivity (Wildman–Crippen MR) is 83.3 cm³/mol. The van der Waals surface area contributed by atoms with Gasteiger partial charge in [-0.3, -0.25) is 9.69 Å². The van der Waals surface area contributed by atoms with Crippen molar-refractivity contribution in [3.8, 4) is 0 Å². The van der Waals surface area contributed by atoms with Gasteiger partial charge in [0.15, 0.2) is 0 Å². The van der Waals surface area contributed by atoms with Crippen LogP contribution in [0.2, 0.25) is 5.02 Å². The van der Waals surface area contributed by atoms with Crippen LogP contribution in [0.25, 0.3) is 0 Å². The minimum atomic E-state index is -0.592. The average Bonchev–Trinajstić information content (AvgIpc) is 2.38. The van der Waals surface area contributed by atoms with Crippen LogP contribution in [0.4, 0.5) is 0 Å². The molecule has 0 fully saturated rings. The summed E-state index contributed by atoms with van der Waals surface area (Å²) >= 11 is 5.93. The number of carbonyl (C=O) groups is 1. The van der Waals surface area contributed by atoms with E-state index in [1.807, 2.05) is 18.2 Å². The van der Waals surface area contributed by atoms with Crippen molar-refractivity contribution in [2.75, 3.05) is 40.9 Å². The molecule has 0 saturated heterocycles. The van der Waals surface area contributed by atoms with Gasteiger partial charge >= 0.3 is 0 Å². The molecule has 118 valence electrons. The van der Waals surface area contributed by atoms with E-state index in [4.69, 9.17) is 16.3 Å². The lowest BCUT2D eigenvalue weighted by Crippen LogP contribution is -2.40. The quantitative estimate of drug-likeness (QED) is 0.784. The Morgan fingerprint density at radius 2 is 2.14 bits per heavy atom. The van der Waals surface area contributed by atoms with Crippen molar-refractivity contribution in [1.29, 1.82) is 0 Å². The minimum absolute atomic E-state index is 0.0120. The van der Waals surface area contributed by atoms with Crippen molar-refractivity contribution in [1.82, 2.24) is 9.80 Å². The highest BCUT2D eigenvalue weighted by atomic mass is 35.5. The normalized spacial score (nSPS) is 12.5. The minimum Gasteiger partial charge on any atom is -0.389 e. The maximum absolute atomic E-state index is 12.1. The lowest BCUT2D eigenvalue weighted by Gasteiger charge is -2.23. The Labute approximate surface area is 131 Å². The fourth-order valence-electron chi connectivity index (χ4n) is 2.02. The Bertz CT molecular complexity index is 456. The van der Waals surface area contributed by atoms with Crippen LogP contribution >= 0.6 is 11.6 Å². The number of benzene rings is 1. The summed E-state index contributed by atoms with van der Waals surface area (Å²) in [5, 5.41) is 10.3. The van der Waals surface area contributed by atoms with Crippen molar-refractivity contribution < 1.29 is 14.6 Å². The first-order valence-electron chi connectivity index (χ1n) is 6.76. The van der Waals surface area contributed by atoms with Gasteiger partial charge in [0.25, 0.3) is 0 Å². The van der Waals surface area contributed by atoms with E-state index in [1.165, 1.54) is 7.11 Å². The molecule has 5 nitrogen and oxygen atoms in total. The highest BCUT2D eigenvalue weighted by Gasteiger charge is 2.14. The van der Waals surface area contributed by atoms with E-state index in [0.717, 1.165) is 5.56 Å². The van der Waals surface area contributed by atoms with Gasteiger partial charge in [-0.2, -0.15) is 0 Å². The van der Waals surface area contributed by atoms with Crippen molar-refractivity contribution in [3.63, 3.8) is 0 Å². The SMILES string of the molecule is COCC(O)CN(C)CC(=O)N(C)Cc1cccc(Cl)c1. The molecule has 0 aliphatic rings. The topological polar surface area (TPSA) is 53.0 Å². The molecule has 0 heterocycles. The van der Waals surface area contributed by atoms with E-state index in [-0.39, 0.29) is 19.1 Å². The zero-order chi connectivity index (χ0) is 15.8. The summed E-state index contributed by atoms with van der Waals surface area (Å²) in [4.78, 5) is 15.5. The van der Waals surface area contributed by atoms with Gasteiger partial charge in [-0.15, -0.1) is 0 Å². The zero-order valence-corrected chi connectivity index (χ0v) is 13.5. The predicted octanol–water partition coefficient (Wildman–Crippen LogP) is 1.24. The third kappa shape index (κ3) is 6.91. The van der Waals surface area contributed by atoms with E-state index >= 15 is 0 Å². The molecule has 0 bridgehead atoms. The number of hydrogen-bond acceptors (Lipinski definition) is 4. The maximum Gasteiger partial charge on any atom is 0.236 e. The number of nitrogens with zero attached hydrogens (tertiary/aromatic N) is 2. The molecular weight excluding hydrogens is 292 g/mol. The highest BCUT2D eigenvalue weighted by molar-refractivity contribution is 6.30. The van der Waals surface area contributed by atoms with Crippen molar-refractivity contribution >= 4 is 17.5 Å². The van der Waals surface area contributed by atoms with Crippen LogP contribution in [0.15, 0.2) is 24.3 Å². The molecule has 1 unspecified atom stereocenters. The molecule has 1 amide bonds. The first-order valence-corrected chi connectivity index (χ1v) is 7.14. The maximum atomic E-state index is 12.1. The number of amides is 1. The van der Waals surface area contributed by atoms with E-state index in [0.29, 0.717) is 18.1 Å². The molecule has 1 N–H and O–H groups in total. The third-order valence-electron chi connectivity index (χ3n) is 3.02. The van der Waals surface area contributed by atoms with Gasteiger partial charge in [-0.25, -0.2) is 0 Å². The smallest absolute Gasteiger partial charge is 0.236 e. The lowest BCUT2D eigenvalue weighted by molar-refractivity contribution is -0.131. The molecule has 0 saturated carbocycles. The fraction of sp³-hybridized carbons (Fsp3) is 0.533. The first-order chi connectivity index (χ1) is 9.92. The Morgan fingerprint density at radius 1 is 1.43 bits per heavy atom. The number of aliphatic hydroxyl groups is 1. The largest absolute Gasteiger partial charge is 0.389 e. The van der Waals surface area contributed by atoms with Crippen LogP contribution in [0.3, 0.4) is 0 Å². The molecule has 0 aliphatic heterocycles. The Kier molecular flexibility index (Phi) is 7.67. The molecular formula is C15H23ClN2O3. The number of rotatable bonds is 8. The molecule has 0 aliphatic carbocycles. The molecule has 1 aromatic carbocycles. The third-order valence-corrected chi connectivity index (χ3v) is 3.26. The van der Waals surface area contributed by atoms with Gasteiger partial charge < -0.3 is 14.7 Å². The van der Waals surface area contributed by atoms with Crippen molar-refractivity contribution in [2.24, 2.45) is 0 Å². The van der Waals surface area contributed by atoms with Gasteiger partial charge in [-0.05, 0) is 24.7 Å². The molecule has 6 heteroatoms. The Morgan fingerprint density at radius 3 is 2.76 bits per heavy atom.